The van der Waals surface area contributed by atoms with Gasteiger partial charge in [0.1, 0.15) is 5.75 Å². The van der Waals surface area contributed by atoms with Gasteiger partial charge in [-0.05, 0) is 55.8 Å². The molecule has 0 saturated carbocycles. The number of nitrogens with one attached hydrogen (secondary N) is 1. The SMILES string of the molecule is Cc1ccc(Oc2ccc(Cl)cc2NC(=O)COC(=O)Cc2ccc(C)nc2)cc1. The molecule has 2 aromatic carbocycles. The molecule has 0 aliphatic rings. The monoisotopic (exact) mass is 424 g/mol. The molecule has 0 spiro atoms. The molecular weight excluding hydrogens is 404 g/mol. The summed E-state index contributed by atoms with van der Waals surface area (Å²) in [6, 6.07) is 16.0. The van der Waals surface area contributed by atoms with Gasteiger partial charge in [-0.25, -0.2) is 0 Å². The van der Waals surface area contributed by atoms with Gasteiger partial charge in [0, 0.05) is 16.9 Å². The van der Waals surface area contributed by atoms with Crippen LogP contribution in [0.5, 0.6) is 11.5 Å². The van der Waals surface area contributed by atoms with Crippen LogP contribution in [-0.4, -0.2) is 23.5 Å². The predicted molar refractivity (Wildman–Crippen MR) is 115 cm³/mol. The number of carbonyl (C=O) groups is 2. The Morgan fingerprint density at radius 1 is 1.03 bits per heavy atom. The molecule has 0 bridgehead atoms. The van der Waals surface area contributed by atoms with Gasteiger partial charge in [-0.2, -0.15) is 0 Å². The van der Waals surface area contributed by atoms with Crippen LogP contribution in [0.25, 0.3) is 0 Å². The summed E-state index contributed by atoms with van der Waals surface area (Å²) in [5.74, 6) is 0.0321. The Kier molecular flexibility index (Phi) is 7.03. The number of halogens is 1. The molecule has 3 rings (SSSR count). The number of anilines is 1. The van der Waals surface area contributed by atoms with E-state index in [1.807, 2.05) is 44.2 Å². The molecule has 1 N–H and O–H groups in total. The Bertz CT molecular complexity index is 1030. The first-order valence-corrected chi connectivity index (χ1v) is 9.68. The Morgan fingerprint density at radius 2 is 1.80 bits per heavy atom. The van der Waals surface area contributed by atoms with Gasteiger partial charge in [-0.15, -0.1) is 0 Å². The van der Waals surface area contributed by atoms with Gasteiger partial charge < -0.3 is 14.8 Å². The number of nitrogens with zero attached hydrogens (tertiary/aromatic N) is 1. The molecule has 154 valence electrons. The molecule has 0 aliphatic heterocycles. The summed E-state index contributed by atoms with van der Waals surface area (Å²) >= 11 is 6.05. The van der Waals surface area contributed by atoms with Crippen molar-refractivity contribution < 1.29 is 19.1 Å². The molecule has 0 atom stereocenters. The van der Waals surface area contributed by atoms with Crippen molar-refractivity contribution >= 4 is 29.2 Å². The quantitative estimate of drug-likeness (QED) is 0.547. The number of hydrogen-bond donors (Lipinski definition) is 1. The van der Waals surface area contributed by atoms with Gasteiger partial charge >= 0.3 is 5.97 Å². The molecule has 30 heavy (non-hydrogen) atoms. The fourth-order valence-electron chi connectivity index (χ4n) is 2.58. The van der Waals surface area contributed by atoms with Crippen molar-refractivity contribution in [3.8, 4) is 11.5 Å². The highest BCUT2D eigenvalue weighted by Gasteiger charge is 2.13. The van der Waals surface area contributed by atoms with Crippen LogP contribution in [0.15, 0.2) is 60.8 Å². The second kappa shape index (κ2) is 9.89. The van der Waals surface area contributed by atoms with Crippen LogP contribution in [0.1, 0.15) is 16.8 Å². The summed E-state index contributed by atoms with van der Waals surface area (Å²) in [6.07, 6.45) is 1.65. The van der Waals surface area contributed by atoms with E-state index in [9.17, 15) is 9.59 Å². The molecule has 7 heteroatoms. The number of hydrogen-bond acceptors (Lipinski definition) is 5. The topological polar surface area (TPSA) is 77.5 Å². The number of aryl methyl sites for hydroxylation is 2. The summed E-state index contributed by atoms with van der Waals surface area (Å²) < 4.78 is 10.9. The number of ether oxygens (including phenoxy) is 2. The molecule has 3 aromatic rings. The molecule has 1 heterocycles. The molecule has 0 radical (unpaired) electrons. The number of rotatable bonds is 7. The zero-order valence-electron chi connectivity index (χ0n) is 16.6. The second-order valence-corrected chi connectivity index (χ2v) is 7.19. The van der Waals surface area contributed by atoms with Crippen molar-refractivity contribution in [2.75, 3.05) is 11.9 Å². The number of amides is 1. The highest BCUT2D eigenvalue weighted by atomic mass is 35.5. The third kappa shape index (κ3) is 6.32. The minimum absolute atomic E-state index is 0.0412. The van der Waals surface area contributed by atoms with E-state index in [1.165, 1.54) is 0 Å². The lowest BCUT2D eigenvalue weighted by Gasteiger charge is -2.13. The number of esters is 1. The molecule has 0 saturated heterocycles. The maximum atomic E-state index is 12.3. The third-order valence-electron chi connectivity index (χ3n) is 4.15. The summed E-state index contributed by atoms with van der Waals surface area (Å²) in [5.41, 5.74) is 3.06. The number of pyridine rings is 1. The Hall–Kier alpha value is -3.38. The average molecular weight is 425 g/mol. The van der Waals surface area contributed by atoms with Crippen LogP contribution in [0.4, 0.5) is 5.69 Å². The van der Waals surface area contributed by atoms with Crippen LogP contribution in [0, 0.1) is 13.8 Å². The summed E-state index contributed by atoms with van der Waals surface area (Å²) in [6.45, 7) is 3.42. The van der Waals surface area contributed by atoms with Crippen LogP contribution < -0.4 is 10.1 Å². The third-order valence-corrected chi connectivity index (χ3v) is 4.38. The van der Waals surface area contributed by atoms with Crippen LogP contribution >= 0.6 is 11.6 Å². The van der Waals surface area contributed by atoms with E-state index in [4.69, 9.17) is 21.1 Å². The lowest BCUT2D eigenvalue weighted by molar-refractivity contribution is -0.146. The first-order chi connectivity index (χ1) is 14.4. The van der Waals surface area contributed by atoms with Crippen molar-refractivity contribution in [1.82, 2.24) is 4.98 Å². The molecule has 0 unspecified atom stereocenters. The van der Waals surface area contributed by atoms with Gasteiger partial charge in [-0.1, -0.05) is 35.4 Å². The fraction of sp³-hybridized carbons (Fsp3) is 0.174. The molecule has 1 aromatic heterocycles. The largest absolute Gasteiger partial charge is 0.455 e. The van der Waals surface area contributed by atoms with E-state index in [1.54, 1.807) is 30.5 Å². The van der Waals surface area contributed by atoms with Crippen molar-refractivity contribution in [2.45, 2.75) is 20.3 Å². The molecular formula is C23H21ClN2O4. The highest BCUT2D eigenvalue weighted by Crippen LogP contribution is 2.32. The predicted octanol–water partition coefficient (Wildman–Crippen LogP) is 4.87. The minimum atomic E-state index is -0.516. The second-order valence-electron chi connectivity index (χ2n) is 6.75. The lowest BCUT2D eigenvalue weighted by atomic mass is 10.2. The molecule has 6 nitrogen and oxygen atoms in total. The summed E-state index contributed by atoms with van der Waals surface area (Å²) in [7, 11) is 0. The maximum absolute atomic E-state index is 12.3. The average Bonchev–Trinajstić information content (AvgIpc) is 2.72. The molecule has 0 fully saturated rings. The minimum Gasteiger partial charge on any atom is -0.455 e. The molecule has 0 aliphatic carbocycles. The van der Waals surface area contributed by atoms with Gasteiger partial charge in [0.05, 0.1) is 12.1 Å². The first-order valence-electron chi connectivity index (χ1n) is 9.30. The van der Waals surface area contributed by atoms with E-state index in [0.29, 0.717) is 22.2 Å². The van der Waals surface area contributed by atoms with Gasteiger partial charge in [0.25, 0.3) is 5.91 Å². The fourth-order valence-corrected chi connectivity index (χ4v) is 2.75. The first kappa shape index (κ1) is 21.3. The Balaban J connectivity index is 1.58. The number of aromatic nitrogens is 1. The van der Waals surface area contributed by atoms with Crippen LogP contribution in [0.3, 0.4) is 0 Å². The van der Waals surface area contributed by atoms with Gasteiger partial charge in [0.15, 0.2) is 12.4 Å². The van der Waals surface area contributed by atoms with Crippen molar-refractivity contribution in [1.29, 1.82) is 0 Å². The van der Waals surface area contributed by atoms with Crippen molar-refractivity contribution in [3.63, 3.8) is 0 Å². The zero-order chi connectivity index (χ0) is 21.5. The van der Waals surface area contributed by atoms with E-state index < -0.39 is 18.5 Å². The standard InChI is InChI=1S/C23H21ClN2O4/c1-15-3-8-19(9-4-15)30-21-10-7-18(24)12-20(21)26-22(27)14-29-23(28)11-17-6-5-16(2)25-13-17/h3-10,12-13H,11,14H2,1-2H3,(H,26,27). The van der Waals surface area contributed by atoms with E-state index >= 15 is 0 Å². The van der Waals surface area contributed by atoms with Crippen LogP contribution in [0.2, 0.25) is 5.02 Å². The van der Waals surface area contributed by atoms with E-state index in [0.717, 1.165) is 16.8 Å². The van der Waals surface area contributed by atoms with Crippen LogP contribution in [-0.2, 0) is 20.7 Å². The molecule has 1 amide bonds. The van der Waals surface area contributed by atoms with Gasteiger partial charge in [0.2, 0.25) is 0 Å². The Morgan fingerprint density at radius 3 is 2.50 bits per heavy atom. The maximum Gasteiger partial charge on any atom is 0.310 e. The smallest absolute Gasteiger partial charge is 0.310 e. The number of benzene rings is 2. The Labute approximate surface area is 179 Å². The van der Waals surface area contributed by atoms with E-state index in [2.05, 4.69) is 10.3 Å². The summed E-state index contributed by atoms with van der Waals surface area (Å²) in [5, 5.41) is 3.11. The summed E-state index contributed by atoms with van der Waals surface area (Å²) in [4.78, 5) is 28.4. The van der Waals surface area contributed by atoms with Crippen molar-refractivity contribution in [3.05, 3.63) is 82.6 Å². The zero-order valence-corrected chi connectivity index (χ0v) is 17.4. The van der Waals surface area contributed by atoms with E-state index in [-0.39, 0.29) is 6.42 Å². The normalized spacial score (nSPS) is 10.4. The lowest BCUT2D eigenvalue weighted by Crippen LogP contribution is -2.22. The van der Waals surface area contributed by atoms with Gasteiger partial charge in [-0.3, -0.25) is 14.6 Å². The highest BCUT2D eigenvalue weighted by molar-refractivity contribution is 6.31. The van der Waals surface area contributed by atoms with Crippen molar-refractivity contribution in [2.24, 2.45) is 0 Å². The number of carbonyl (C=O) groups excluding carboxylic acids is 2.